The summed E-state index contributed by atoms with van der Waals surface area (Å²) in [5, 5.41) is 3.48. The van der Waals surface area contributed by atoms with Crippen LogP contribution in [0.25, 0.3) is 0 Å². The smallest absolute Gasteiger partial charge is 0.161 e. The first-order valence-corrected chi connectivity index (χ1v) is 8.35. The molecule has 1 aliphatic rings. The Hall–Kier alpha value is -1.91. The zero-order valence-electron chi connectivity index (χ0n) is 15.0. The van der Waals surface area contributed by atoms with E-state index >= 15 is 0 Å². The van der Waals surface area contributed by atoms with Crippen molar-refractivity contribution < 1.29 is 14.2 Å². The third kappa shape index (κ3) is 5.83. The molecule has 0 atom stereocenters. The minimum atomic E-state index is 0. The molecule has 0 amide bonds. The number of fused-ring (bicyclic) bond motifs is 1. The number of rotatable bonds is 5. The lowest BCUT2D eigenvalue weighted by molar-refractivity contribution is 0.171. The molecule has 1 aliphatic heterocycles. The van der Waals surface area contributed by atoms with Crippen LogP contribution in [0.2, 0.25) is 0 Å². The SMILES string of the molecule is CC(C)(C)NCc1ccc(OCc2ccc3c(c2)OCCO3)cc1.Cl. The summed E-state index contributed by atoms with van der Waals surface area (Å²) >= 11 is 0. The molecule has 0 bridgehead atoms. The molecule has 1 heterocycles. The molecule has 0 saturated heterocycles. The normalized spacial score (nSPS) is 13.1. The van der Waals surface area contributed by atoms with Crippen LogP contribution in [0.3, 0.4) is 0 Å². The Morgan fingerprint density at radius 3 is 2.24 bits per heavy atom. The van der Waals surface area contributed by atoms with Gasteiger partial charge in [-0.2, -0.15) is 0 Å². The summed E-state index contributed by atoms with van der Waals surface area (Å²) in [4.78, 5) is 0. The topological polar surface area (TPSA) is 39.7 Å². The van der Waals surface area contributed by atoms with Crippen molar-refractivity contribution in [2.75, 3.05) is 13.2 Å². The molecule has 0 aliphatic carbocycles. The van der Waals surface area contributed by atoms with Gasteiger partial charge in [-0.05, 0) is 56.2 Å². The largest absolute Gasteiger partial charge is 0.489 e. The highest BCUT2D eigenvalue weighted by Crippen LogP contribution is 2.31. The quantitative estimate of drug-likeness (QED) is 0.857. The molecular formula is C20H26ClNO3. The van der Waals surface area contributed by atoms with Crippen molar-refractivity contribution in [2.24, 2.45) is 0 Å². The molecule has 3 rings (SSSR count). The van der Waals surface area contributed by atoms with E-state index < -0.39 is 0 Å². The fourth-order valence-electron chi connectivity index (χ4n) is 2.41. The summed E-state index contributed by atoms with van der Waals surface area (Å²) in [6, 6.07) is 14.1. The Morgan fingerprint density at radius 2 is 1.56 bits per heavy atom. The molecule has 2 aromatic rings. The predicted molar refractivity (Wildman–Crippen MR) is 102 cm³/mol. The van der Waals surface area contributed by atoms with E-state index in [0.717, 1.165) is 29.4 Å². The number of nitrogens with one attached hydrogen (secondary N) is 1. The van der Waals surface area contributed by atoms with E-state index in [0.29, 0.717) is 19.8 Å². The molecule has 0 fully saturated rings. The van der Waals surface area contributed by atoms with Gasteiger partial charge < -0.3 is 19.5 Å². The van der Waals surface area contributed by atoms with Crippen LogP contribution < -0.4 is 19.5 Å². The van der Waals surface area contributed by atoms with Crippen LogP contribution in [0.4, 0.5) is 0 Å². The Balaban J connectivity index is 0.00000225. The average Bonchev–Trinajstić information content (AvgIpc) is 2.58. The van der Waals surface area contributed by atoms with E-state index in [9.17, 15) is 0 Å². The third-order valence-corrected chi connectivity index (χ3v) is 3.76. The number of hydrogen-bond acceptors (Lipinski definition) is 4. The van der Waals surface area contributed by atoms with Gasteiger partial charge in [0.25, 0.3) is 0 Å². The van der Waals surface area contributed by atoms with Crippen molar-refractivity contribution in [3.8, 4) is 17.2 Å². The molecule has 1 N–H and O–H groups in total. The molecule has 136 valence electrons. The number of benzene rings is 2. The first-order valence-electron chi connectivity index (χ1n) is 8.35. The Bertz CT molecular complexity index is 680. The van der Waals surface area contributed by atoms with Gasteiger partial charge in [-0.25, -0.2) is 0 Å². The van der Waals surface area contributed by atoms with Crippen LogP contribution in [0.15, 0.2) is 42.5 Å². The van der Waals surface area contributed by atoms with Crippen LogP contribution in [-0.2, 0) is 13.2 Å². The second kappa shape index (κ2) is 8.45. The van der Waals surface area contributed by atoms with Crippen LogP contribution in [0.1, 0.15) is 31.9 Å². The summed E-state index contributed by atoms with van der Waals surface area (Å²) < 4.78 is 17.0. The molecule has 0 aromatic heterocycles. The first kappa shape index (κ1) is 19.4. The molecular weight excluding hydrogens is 338 g/mol. The third-order valence-electron chi connectivity index (χ3n) is 3.76. The van der Waals surface area contributed by atoms with Gasteiger partial charge in [-0.15, -0.1) is 12.4 Å². The number of ether oxygens (including phenoxy) is 3. The van der Waals surface area contributed by atoms with Crippen molar-refractivity contribution >= 4 is 12.4 Å². The molecule has 0 radical (unpaired) electrons. The number of hydrogen-bond donors (Lipinski definition) is 1. The van der Waals surface area contributed by atoms with Gasteiger partial charge in [-0.1, -0.05) is 18.2 Å². The second-order valence-electron chi connectivity index (χ2n) is 7.01. The van der Waals surface area contributed by atoms with E-state index in [2.05, 4.69) is 38.2 Å². The summed E-state index contributed by atoms with van der Waals surface area (Å²) in [5.41, 5.74) is 2.43. The van der Waals surface area contributed by atoms with Gasteiger partial charge in [0.2, 0.25) is 0 Å². The van der Waals surface area contributed by atoms with Crippen molar-refractivity contribution in [3.63, 3.8) is 0 Å². The van der Waals surface area contributed by atoms with Gasteiger partial charge in [-0.3, -0.25) is 0 Å². The lowest BCUT2D eigenvalue weighted by Crippen LogP contribution is -2.34. The minimum absolute atomic E-state index is 0. The summed E-state index contributed by atoms with van der Waals surface area (Å²) in [6.07, 6.45) is 0. The highest BCUT2D eigenvalue weighted by molar-refractivity contribution is 5.85. The predicted octanol–water partition coefficient (Wildman–Crippen LogP) is 4.35. The van der Waals surface area contributed by atoms with E-state index in [4.69, 9.17) is 14.2 Å². The van der Waals surface area contributed by atoms with Crippen molar-refractivity contribution in [1.82, 2.24) is 5.32 Å². The van der Waals surface area contributed by atoms with Crippen LogP contribution >= 0.6 is 12.4 Å². The Morgan fingerprint density at radius 1 is 0.920 bits per heavy atom. The summed E-state index contributed by atoms with van der Waals surface area (Å²) in [6.45, 7) is 9.07. The summed E-state index contributed by atoms with van der Waals surface area (Å²) in [5.74, 6) is 2.47. The zero-order chi connectivity index (χ0) is 17.0. The van der Waals surface area contributed by atoms with Crippen molar-refractivity contribution in [3.05, 3.63) is 53.6 Å². The Kier molecular flexibility index (Phi) is 6.57. The molecule has 2 aromatic carbocycles. The monoisotopic (exact) mass is 363 g/mol. The standard InChI is InChI=1S/C20H25NO3.ClH/c1-20(2,3)21-13-15-4-7-17(8-5-15)24-14-16-6-9-18-19(12-16)23-11-10-22-18;/h4-9,12,21H,10-11,13-14H2,1-3H3;1H. The van der Waals surface area contributed by atoms with Crippen LogP contribution in [-0.4, -0.2) is 18.8 Å². The van der Waals surface area contributed by atoms with E-state index in [-0.39, 0.29) is 17.9 Å². The molecule has 25 heavy (non-hydrogen) atoms. The van der Waals surface area contributed by atoms with E-state index in [1.807, 2.05) is 30.3 Å². The fraction of sp³-hybridized carbons (Fsp3) is 0.400. The fourth-order valence-corrected chi connectivity index (χ4v) is 2.41. The van der Waals surface area contributed by atoms with Crippen LogP contribution in [0, 0.1) is 0 Å². The lowest BCUT2D eigenvalue weighted by atomic mass is 10.1. The molecule has 0 unspecified atom stereocenters. The second-order valence-corrected chi connectivity index (χ2v) is 7.01. The maximum absolute atomic E-state index is 5.87. The first-order chi connectivity index (χ1) is 11.5. The number of halogens is 1. The van der Waals surface area contributed by atoms with Crippen LogP contribution in [0.5, 0.6) is 17.2 Å². The maximum atomic E-state index is 5.87. The zero-order valence-corrected chi connectivity index (χ0v) is 15.8. The molecule has 0 spiro atoms. The highest BCUT2D eigenvalue weighted by Gasteiger charge is 2.12. The van der Waals surface area contributed by atoms with Gasteiger partial charge in [0.15, 0.2) is 11.5 Å². The highest BCUT2D eigenvalue weighted by atomic mass is 35.5. The maximum Gasteiger partial charge on any atom is 0.161 e. The van der Waals surface area contributed by atoms with E-state index in [1.165, 1.54) is 5.56 Å². The summed E-state index contributed by atoms with van der Waals surface area (Å²) in [7, 11) is 0. The Labute approximate surface area is 155 Å². The molecule has 4 nitrogen and oxygen atoms in total. The average molecular weight is 364 g/mol. The van der Waals surface area contributed by atoms with Gasteiger partial charge in [0.05, 0.1) is 0 Å². The van der Waals surface area contributed by atoms with Crippen molar-refractivity contribution in [2.45, 2.75) is 39.5 Å². The lowest BCUT2D eigenvalue weighted by Gasteiger charge is -2.20. The minimum Gasteiger partial charge on any atom is -0.489 e. The molecule has 0 saturated carbocycles. The van der Waals surface area contributed by atoms with Gasteiger partial charge in [0, 0.05) is 12.1 Å². The van der Waals surface area contributed by atoms with Gasteiger partial charge >= 0.3 is 0 Å². The van der Waals surface area contributed by atoms with E-state index in [1.54, 1.807) is 0 Å². The van der Waals surface area contributed by atoms with Crippen molar-refractivity contribution in [1.29, 1.82) is 0 Å². The molecule has 5 heteroatoms. The van der Waals surface area contributed by atoms with Gasteiger partial charge in [0.1, 0.15) is 25.6 Å².